The van der Waals surface area contributed by atoms with E-state index in [9.17, 15) is 13.9 Å². The van der Waals surface area contributed by atoms with Crippen molar-refractivity contribution in [2.24, 2.45) is 5.73 Å². The Labute approximate surface area is 98.3 Å². The van der Waals surface area contributed by atoms with Crippen LogP contribution in [-0.4, -0.2) is 22.7 Å². The first-order chi connectivity index (χ1) is 6.88. The van der Waals surface area contributed by atoms with Gasteiger partial charge < -0.3 is 15.9 Å². The van der Waals surface area contributed by atoms with Crippen LogP contribution in [0.4, 0.5) is 8.78 Å². The van der Waals surface area contributed by atoms with Crippen LogP contribution in [-0.2, 0) is 0 Å². The summed E-state index contributed by atoms with van der Waals surface area (Å²) in [6.45, 7) is 0.376. The number of aliphatic hydroxyl groups is 1. The fraction of sp³-hybridized carbons (Fsp3) is 0.400. The molecule has 0 bridgehead atoms. The van der Waals surface area contributed by atoms with Crippen molar-refractivity contribution in [1.82, 2.24) is 0 Å². The Morgan fingerprint density at radius 3 is 2.44 bits per heavy atom. The second-order valence-electron chi connectivity index (χ2n) is 3.46. The average Bonchev–Trinajstić information content (AvgIpc) is 2.17. The molecule has 0 heterocycles. The summed E-state index contributed by atoms with van der Waals surface area (Å²) in [4.78, 5) is 0. The van der Waals surface area contributed by atoms with Gasteiger partial charge in [0.05, 0.1) is 0 Å². The Kier molecular flexibility index (Phi) is 5.12. The Balaban J connectivity index is 0.00000225. The lowest BCUT2D eigenvalue weighted by Gasteiger charge is -2.22. The van der Waals surface area contributed by atoms with Gasteiger partial charge >= 0.3 is 0 Å². The molecule has 0 radical (unpaired) electrons. The van der Waals surface area contributed by atoms with Crippen LogP contribution in [0.15, 0.2) is 18.2 Å². The zero-order valence-corrected chi connectivity index (χ0v) is 9.47. The third kappa shape index (κ3) is 3.04. The number of benzene rings is 1. The van der Waals surface area contributed by atoms with Crippen LogP contribution in [0.25, 0.3) is 0 Å². The largest absolute Gasteiger partial charge is 0.508 e. The van der Waals surface area contributed by atoms with Crippen LogP contribution in [0.1, 0.15) is 17.2 Å². The lowest BCUT2D eigenvalue weighted by atomic mass is 9.99. The Morgan fingerprint density at radius 2 is 2.00 bits per heavy atom. The van der Waals surface area contributed by atoms with Gasteiger partial charge in [0.25, 0.3) is 5.92 Å². The number of nitrogens with two attached hydrogens (primary N) is 1. The molecule has 0 saturated carbocycles. The van der Waals surface area contributed by atoms with Gasteiger partial charge in [0.1, 0.15) is 18.4 Å². The number of rotatable bonds is 3. The highest BCUT2D eigenvalue weighted by Gasteiger charge is 2.38. The van der Waals surface area contributed by atoms with Crippen molar-refractivity contribution in [3.05, 3.63) is 29.3 Å². The summed E-state index contributed by atoms with van der Waals surface area (Å²) in [7, 11) is 0. The molecule has 1 aromatic rings. The minimum absolute atomic E-state index is 0. The monoisotopic (exact) mass is 253 g/mol. The molecule has 3 nitrogen and oxygen atoms in total. The maximum Gasteiger partial charge on any atom is 0.289 e. The molecule has 0 unspecified atom stereocenters. The normalized spacial score (nSPS) is 13.1. The van der Waals surface area contributed by atoms with E-state index in [1.165, 1.54) is 12.1 Å². The molecule has 0 saturated heterocycles. The molecule has 6 heteroatoms. The van der Waals surface area contributed by atoms with Gasteiger partial charge in [0.15, 0.2) is 0 Å². The van der Waals surface area contributed by atoms with Crippen molar-refractivity contribution in [2.45, 2.75) is 18.9 Å². The summed E-state index contributed by atoms with van der Waals surface area (Å²) >= 11 is 0. The van der Waals surface area contributed by atoms with Crippen LogP contribution < -0.4 is 5.73 Å². The molecule has 0 spiro atoms. The maximum atomic E-state index is 13.0. The van der Waals surface area contributed by atoms with Gasteiger partial charge in [-0.1, -0.05) is 12.1 Å². The van der Waals surface area contributed by atoms with Gasteiger partial charge in [0, 0.05) is 5.56 Å². The van der Waals surface area contributed by atoms with Gasteiger partial charge in [-0.25, -0.2) is 8.78 Å². The van der Waals surface area contributed by atoms with E-state index in [-0.39, 0.29) is 23.7 Å². The molecular formula is C10H14ClF2NO2. The summed E-state index contributed by atoms with van der Waals surface area (Å²) in [5.41, 5.74) is 5.94. The maximum absolute atomic E-state index is 13.0. The van der Waals surface area contributed by atoms with E-state index in [4.69, 9.17) is 10.8 Å². The summed E-state index contributed by atoms with van der Waals surface area (Å²) in [5, 5.41) is 17.9. The molecule has 16 heavy (non-hydrogen) atoms. The SMILES string of the molecule is Cc1ccc([C@H](N)C(F)(F)CO)c(O)c1.Cl. The third-order valence-electron chi connectivity index (χ3n) is 2.19. The highest BCUT2D eigenvalue weighted by molar-refractivity contribution is 5.85. The van der Waals surface area contributed by atoms with E-state index in [2.05, 4.69) is 0 Å². The Bertz CT molecular complexity index is 361. The van der Waals surface area contributed by atoms with Gasteiger partial charge in [0.2, 0.25) is 0 Å². The summed E-state index contributed by atoms with van der Waals surface area (Å²) in [5.74, 6) is -3.72. The predicted octanol–water partition coefficient (Wildman–Crippen LogP) is 1.75. The molecule has 4 N–H and O–H groups in total. The number of phenolic OH excluding ortho intramolecular Hbond substituents is 1. The van der Waals surface area contributed by atoms with Crippen LogP contribution >= 0.6 is 12.4 Å². The molecule has 0 amide bonds. The first kappa shape index (κ1) is 15.1. The number of hydrogen-bond acceptors (Lipinski definition) is 3. The number of phenols is 1. The van der Waals surface area contributed by atoms with Crippen molar-refractivity contribution in [1.29, 1.82) is 0 Å². The molecule has 0 aliphatic carbocycles. The van der Waals surface area contributed by atoms with Crippen LogP contribution in [0.5, 0.6) is 5.75 Å². The molecule has 1 atom stereocenters. The number of alkyl halides is 2. The highest BCUT2D eigenvalue weighted by atomic mass is 35.5. The number of aliphatic hydroxyl groups excluding tert-OH is 1. The van der Waals surface area contributed by atoms with E-state index in [1.807, 2.05) is 0 Å². The molecule has 0 fully saturated rings. The molecule has 0 aliphatic heterocycles. The quantitative estimate of drug-likeness (QED) is 0.769. The minimum Gasteiger partial charge on any atom is -0.508 e. The molecule has 0 aliphatic rings. The molecule has 1 aromatic carbocycles. The van der Waals surface area contributed by atoms with Crippen LogP contribution in [0.3, 0.4) is 0 Å². The van der Waals surface area contributed by atoms with Crippen molar-refractivity contribution in [3.8, 4) is 5.75 Å². The zero-order valence-electron chi connectivity index (χ0n) is 8.65. The topological polar surface area (TPSA) is 66.5 Å². The summed E-state index contributed by atoms with van der Waals surface area (Å²) in [6, 6.07) is 2.55. The van der Waals surface area contributed by atoms with E-state index >= 15 is 0 Å². The summed E-state index contributed by atoms with van der Waals surface area (Å²) < 4.78 is 26.1. The fourth-order valence-corrected chi connectivity index (χ4v) is 1.24. The lowest BCUT2D eigenvalue weighted by Crippen LogP contribution is -2.36. The van der Waals surface area contributed by atoms with Gasteiger partial charge in [-0.3, -0.25) is 0 Å². The zero-order chi connectivity index (χ0) is 11.6. The van der Waals surface area contributed by atoms with Crippen molar-refractivity contribution in [2.75, 3.05) is 6.61 Å². The molecule has 0 aromatic heterocycles. The molecule has 92 valence electrons. The van der Waals surface area contributed by atoms with E-state index in [0.717, 1.165) is 5.56 Å². The molecular weight excluding hydrogens is 240 g/mol. The van der Waals surface area contributed by atoms with Gasteiger partial charge in [-0.2, -0.15) is 0 Å². The second kappa shape index (κ2) is 5.43. The lowest BCUT2D eigenvalue weighted by molar-refractivity contribution is -0.0715. The minimum atomic E-state index is -3.44. The number of aromatic hydroxyl groups is 1. The van der Waals surface area contributed by atoms with Crippen LogP contribution in [0, 0.1) is 6.92 Å². The van der Waals surface area contributed by atoms with E-state index in [1.54, 1.807) is 13.0 Å². The third-order valence-corrected chi connectivity index (χ3v) is 2.19. The molecule has 1 rings (SSSR count). The first-order valence-electron chi connectivity index (χ1n) is 4.42. The average molecular weight is 254 g/mol. The predicted molar refractivity (Wildman–Crippen MR) is 59.1 cm³/mol. The fourth-order valence-electron chi connectivity index (χ4n) is 1.24. The standard InChI is InChI=1S/C10H13F2NO2.ClH/c1-6-2-3-7(8(15)4-6)9(13)10(11,12)5-14;/h2-4,9,14-15H,5,13H2,1H3;1H/t9-;/m0./s1. The van der Waals surface area contributed by atoms with E-state index < -0.39 is 18.6 Å². The van der Waals surface area contributed by atoms with E-state index in [0.29, 0.717) is 0 Å². The smallest absolute Gasteiger partial charge is 0.289 e. The van der Waals surface area contributed by atoms with Gasteiger partial charge in [-0.05, 0) is 18.6 Å². The van der Waals surface area contributed by atoms with Crippen molar-refractivity contribution >= 4 is 12.4 Å². The van der Waals surface area contributed by atoms with Crippen molar-refractivity contribution in [3.63, 3.8) is 0 Å². The second-order valence-corrected chi connectivity index (χ2v) is 3.46. The number of halogens is 3. The highest BCUT2D eigenvalue weighted by Crippen LogP contribution is 2.33. The number of hydrogen-bond donors (Lipinski definition) is 3. The summed E-state index contributed by atoms with van der Waals surface area (Å²) in [6.07, 6.45) is 0. The van der Waals surface area contributed by atoms with Crippen molar-refractivity contribution < 1.29 is 19.0 Å². The number of aryl methyl sites for hydroxylation is 1. The Hall–Kier alpha value is -0.910. The van der Waals surface area contributed by atoms with Crippen LogP contribution in [0.2, 0.25) is 0 Å². The first-order valence-corrected chi connectivity index (χ1v) is 4.42. The van der Waals surface area contributed by atoms with Gasteiger partial charge in [-0.15, -0.1) is 12.4 Å². The Morgan fingerprint density at radius 1 is 1.44 bits per heavy atom.